The van der Waals surface area contributed by atoms with E-state index in [1.807, 2.05) is 13.8 Å². The average molecular weight is 369 g/mol. The minimum atomic E-state index is -0.593. The third-order valence-electron chi connectivity index (χ3n) is 4.97. The van der Waals surface area contributed by atoms with Crippen molar-refractivity contribution in [2.45, 2.75) is 39.5 Å². The molecular formula is C20H27N5O2. The molecule has 27 heavy (non-hydrogen) atoms. The smallest absolute Gasteiger partial charge is 0.286 e. The van der Waals surface area contributed by atoms with E-state index in [1.54, 1.807) is 7.11 Å². The second-order valence-electron chi connectivity index (χ2n) is 7.01. The highest BCUT2D eigenvalue weighted by molar-refractivity contribution is 5.89. The van der Waals surface area contributed by atoms with Crippen LogP contribution < -0.4 is 16.0 Å². The number of primary amides is 1. The Hall–Kier alpha value is -2.51. The molecule has 0 saturated carbocycles. The second kappa shape index (κ2) is 8.45. The molecule has 1 saturated heterocycles. The zero-order valence-electron chi connectivity index (χ0n) is 16.2. The van der Waals surface area contributed by atoms with E-state index in [4.69, 9.17) is 10.5 Å². The average Bonchev–Trinajstić information content (AvgIpc) is 3.11. The number of nitrogens with two attached hydrogens (primary N) is 1. The Labute approximate surface area is 159 Å². The largest absolute Gasteiger partial charge is 0.380 e. The minimum absolute atomic E-state index is 0.0828. The van der Waals surface area contributed by atoms with Gasteiger partial charge in [-0.05, 0) is 31.4 Å². The van der Waals surface area contributed by atoms with Gasteiger partial charge in [0.15, 0.2) is 0 Å². The molecule has 0 bridgehead atoms. The fourth-order valence-corrected chi connectivity index (χ4v) is 3.41. The summed E-state index contributed by atoms with van der Waals surface area (Å²) in [4.78, 5) is 22.3. The van der Waals surface area contributed by atoms with E-state index in [2.05, 4.69) is 44.5 Å². The summed E-state index contributed by atoms with van der Waals surface area (Å²) < 4.78 is 5.20. The number of carbonyl (C=O) groups is 1. The molecule has 2 aromatic rings. The number of hydrogen-bond acceptors (Lipinski definition) is 6. The van der Waals surface area contributed by atoms with Gasteiger partial charge in [-0.15, -0.1) is 0 Å². The van der Waals surface area contributed by atoms with Gasteiger partial charge in [0.2, 0.25) is 5.82 Å². The van der Waals surface area contributed by atoms with Crippen molar-refractivity contribution in [3.8, 4) is 0 Å². The summed E-state index contributed by atoms with van der Waals surface area (Å²) >= 11 is 0. The highest BCUT2D eigenvalue weighted by Gasteiger charge is 2.26. The Balaban J connectivity index is 1.64. The number of nitrogens with one attached hydrogen (secondary N) is 1. The number of ether oxygens (including phenoxy) is 1. The quantitative estimate of drug-likeness (QED) is 0.772. The highest BCUT2D eigenvalue weighted by atomic mass is 16.5. The van der Waals surface area contributed by atoms with Crippen LogP contribution in [-0.2, 0) is 17.9 Å². The molecule has 1 fully saturated rings. The highest BCUT2D eigenvalue weighted by Crippen LogP contribution is 2.24. The fourth-order valence-electron chi connectivity index (χ4n) is 3.41. The van der Waals surface area contributed by atoms with Crippen LogP contribution in [0.5, 0.6) is 0 Å². The first-order chi connectivity index (χ1) is 13.0. The van der Waals surface area contributed by atoms with Crippen LogP contribution in [-0.4, -0.2) is 42.1 Å². The summed E-state index contributed by atoms with van der Waals surface area (Å²) in [6.45, 7) is 7.03. The first-order valence-corrected chi connectivity index (χ1v) is 9.18. The first kappa shape index (κ1) is 19.3. The predicted molar refractivity (Wildman–Crippen MR) is 105 cm³/mol. The van der Waals surface area contributed by atoms with Crippen LogP contribution in [0.3, 0.4) is 0 Å². The number of hydrogen-bond donors (Lipinski definition) is 2. The van der Waals surface area contributed by atoms with Gasteiger partial charge in [0.25, 0.3) is 5.91 Å². The van der Waals surface area contributed by atoms with E-state index in [1.165, 1.54) is 11.1 Å². The molecule has 1 aliphatic rings. The number of benzene rings is 1. The summed E-state index contributed by atoms with van der Waals surface area (Å²) in [5, 5.41) is 3.62. The Morgan fingerprint density at radius 3 is 2.85 bits per heavy atom. The van der Waals surface area contributed by atoms with Crippen LogP contribution in [0.1, 0.15) is 39.4 Å². The number of methoxy groups -OCH3 is 1. The molecule has 3 N–H and O–H groups in total. The van der Waals surface area contributed by atoms with E-state index in [-0.39, 0.29) is 5.82 Å². The molecule has 0 unspecified atom stereocenters. The van der Waals surface area contributed by atoms with Gasteiger partial charge in [-0.3, -0.25) is 4.79 Å². The number of anilines is 1. The van der Waals surface area contributed by atoms with Gasteiger partial charge >= 0.3 is 0 Å². The topological polar surface area (TPSA) is 93.4 Å². The molecule has 2 heterocycles. The van der Waals surface area contributed by atoms with Crippen LogP contribution in [0.4, 0.5) is 5.82 Å². The molecule has 1 atom stereocenters. The van der Waals surface area contributed by atoms with Gasteiger partial charge in [-0.2, -0.15) is 0 Å². The number of aryl methyl sites for hydroxylation is 1. The fraction of sp³-hybridized carbons (Fsp3) is 0.450. The van der Waals surface area contributed by atoms with Crippen LogP contribution in [0.25, 0.3) is 0 Å². The summed E-state index contributed by atoms with van der Waals surface area (Å²) in [6.07, 6.45) is 1.02. The SMILES string of the molecule is COCc1cccc(CN[C@@H]2CCN(c3nc(C(N)=O)nc(C)c3C)C2)c1. The predicted octanol–water partition coefficient (Wildman–Crippen LogP) is 1.71. The standard InChI is InChI=1S/C20H27N5O2/c1-13-14(2)23-19(18(21)26)24-20(13)25-8-7-17(11-25)22-10-15-5-4-6-16(9-15)12-27-3/h4-6,9,17,22H,7-8,10-12H2,1-3H3,(H2,21,26)/t17-/m1/s1. The molecule has 3 rings (SSSR count). The van der Waals surface area contributed by atoms with Gasteiger partial charge in [0.05, 0.1) is 6.61 Å². The number of nitrogens with zero attached hydrogens (tertiary/aromatic N) is 3. The molecule has 1 aromatic heterocycles. The van der Waals surface area contributed by atoms with Crippen molar-refractivity contribution in [1.29, 1.82) is 0 Å². The van der Waals surface area contributed by atoms with Crippen LogP contribution in [0.2, 0.25) is 0 Å². The molecule has 1 aromatic carbocycles. The molecule has 1 aliphatic heterocycles. The third-order valence-corrected chi connectivity index (χ3v) is 4.97. The molecular weight excluding hydrogens is 342 g/mol. The normalized spacial score (nSPS) is 16.7. The maximum absolute atomic E-state index is 11.5. The van der Waals surface area contributed by atoms with Crippen molar-refractivity contribution in [2.24, 2.45) is 5.73 Å². The summed E-state index contributed by atoms with van der Waals surface area (Å²) in [7, 11) is 1.71. The summed E-state index contributed by atoms with van der Waals surface area (Å²) in [5.74, 6) is 0.298. The lowest BCUT2D eigenvalue weighted by molar-refractivity contribution is 0.0990. The number of rotatable bonds is 7. The number of aromatic nitrogens is 2. The first-order valence-electron chi connectivity index (χ1n) is 9.18. The van der Waals surface area contributed by atoms with E-state index < -0.39 is 5.91 Å². The third kappa shape index (κ3) is 4.61. The van der Waals surface area contributed by atoms with Crippen molar-refractivity contribution >= 4 is 11.7 Å². The van der Waals surface area contributed by atoms with Gasteiger partial charge in [0, 0.05) is 44.0 Å². The number of carbonyl (C=O) groups excluding carboxylic acids is 1. The zero-order valence-corrected chi connectivity index (χ0v) is 16.2. The molecule has 7 nitrogen and oxygen atoms in total. The second-order valence-corrected chi connectivity index (χ2v) is 7.01. The summed E-state index contributed by atoms with van der Waals surface area (Å²) in [5.41, 5.74) is 9.58. The lowest BCUT2D eigenvalue weighted by Crippen LogP contribution is -2.33. The van der Waals surface area contributed by atoms with Crippen molar-refractivity contribution in [3.63, 3.8) is 0 Å². The monoisotopic (exact) mass is 369 g/mol. The Bertz CT molecular complexity index is 824. The maximum atomic E-state index is 11.5. The van der Waals surface area contributed by atoms with Gasteiger partial charge in [-0.1, -0.05) is 24.3 Å². The Morgan fingerprint density at radius 2 is 2.11 bits per heavy atom. The molecule has 144 valence electrons. The Morgan fingerprint density at radius 1 is 1.33 bits per heavy atom. The molecule has 7 heteroatoms. The van der Waals surface area contributed by atoms with E-state index in [0.29, 0.717) is 12.6 Å². The zero-order chi connectivity index (χ0) is 19.4. The summed E-state index contributed by atoms with van der Waals surface area (Å²) in [6, 6.07) is 8.78. The minimum Gasteiger partial charge on any atom is -0.380 e. The van der Waals surface area contributed by atoms with Crippen molar-refractivity contribution in [1.82, 2.24) is 15.3 Å². The Kier molecular flexibility index (Phi) is 6.03. The molecule has 0 aliphatic carbocycles. The maximum Gasteiger partial charge on any atom is 0.286 e. The molecule has 1 amide bonds. The lowest BCUT2D eigenvalue weighted by Gasteiger charge is -2.21. The van der Waals surface area contributed by atoms with Gasteiger partial charge < -0.3 is 20.7 Å². The van der Waals surface area contributed by atoms with Crippen molar-refractivity contribution in [2.75, 3.05) is 25.1 Å². The van der Waals surface area contributed by atoms with Crippen LogP contribution >= 0.6 is 0 Å². The van der Waals surface area contributed by atoms with Crippen LogP contribution in [0.15, 0.2) is 24.3 Å². The lowest BCUT2D eigenvalue weighted by atomic mass is 10.1. The van der Waals surface area contributed by atoms with Crippen molar-refractivity contribution in [3.05, 3.63) is 52.5 Å². The van der Waals surface area contributed by atoms with Crippen LogP contribution in [0, 0.1) is 13.8 Å². The molecule has 0 spiro atoms. The van der Waals surface area contributed by atoms with E-state index >= 15 is 0 Å². The number of amides is 1. The molecule has 0 radical (unpaired) electrons. The van der Waals surface area contributed by atoms with Gasteiger partial charge in [-0.25, -0.2) is 9.97 Å². The van der Waals surface area contributed by atoms with Crippen molar-refractivity contribution < 1.29 is 9.53 Å². The van der Waals surface area contributed by atoms with E-state index in [9.17, 15) is 4.79 Å². The van der Waals surface area contributed by atoms with Gasteiger partial charge in [0.1, 0.15) is 5.82 Å². The van der Waals surface area contributed by atoms with E-state index in [0.717, 1.165) is 43.1 Å².